The van der Waals surface area contributed by atoms with Gasteiger partial charge >= 0.3 is 0 Å². The zero-order valence-electron chi connectivity index (χ0n) is 14.0. The Morgan fingerprint density at radius 3 is 2.62 bits per heavy atom. The number of hydrogen-bond acceptors (Lipinski definition) is 4. The summed E-state index contributed by atoms with van der Waals surface area (Å²) in [5.41, 5.74) is 1.94. The van der Waals surface area contributed by atoms with E-state index in [0.717, 1.165) is 31.6 Å². The third-order valence-corrected chi connectivity index (χ3v) is 6.04. The van der Waals surface area contributed by atoms with Crippen molar-refractivity contribution in [2.75, 3.05) is 28.0 Å². The SMILES string of the molecule is O=C1Cc2cc(S(=O)(=O)Nc3cc(N4CCCC4)ccc3F)ccc2N1. The number of amides is 1. The molecule has 2 aliphatic heterocycles. The van der Waals surface area contributed by atoms with Gasteiger partial charge in [0.2, 0.25) is 5.91 Å². The van der Waals surface area contributed by atoms with Crippen LogP contribution in [0.2, 0.25) is 0 Å². The van der Waals surface area contributed by atoms with Crippen LogP contribution < -0.4 is 14.9 Å². The molecule has 0 atom stereocenters. The summed E-state index contributed by atoms with van der Waals surface area (Å²) < 4.78 is 41.8. The lowest BCUT2D eigenvalue weighted by Gasteiger charge is -2.19. The van der Waals surface area contributed by atoms with Gasteiger partial charge in [-0.1, -0.05) is 0 Å². The van der Waals surface area contributed by atoms with E-state index in [1.165, 1.54) is 24.3 Å². The first kappa shape index (κ1) is 16.8. The lowest BCUT2D eigenvalue weighted by Crippen LogP contribution is -2.19. The van der Waals surface area contributed by atoms with Gasteiger partial charge in [-0.15, -0.1) is 0 Å². The number of carbonyl (C=O) groups is 1. The Kier molecular flexibility index (Phi) is 4.07. The Morgan fingerprint density at radius 1 is 1.08 bits per heavy atom. The normalized spacial score (nSPS) is 16.5. The number of fused-ring (bicyclic) bond motifs is 1. The summed E-state index contributed by atoms with van der Waals surface area (Å²) in [6, 6.07) is 8.84. The number of carbonyl (C=O) groups excluding carboxylic acids is 1. The third-order valence-electron chi connectivity index (χ3n) is 4.68. The minimum atomic E-state index is -3.96. The van der Waals surface area contributed by atoms with E-state index < -0.39 is 15.8 Å². The summed E-state index contributed by atoms with van der Waals surface area (Å²) >= 11 is 0. The molecule has 4 rings (SSSR count). The number of sulfonamides is 1. The molecule has 0 saturated carbocycles. The Bertz CT molecular complexity index is 985. The second kappa shape index (κ2) is 6.28. The van der Waals surface area contributed by atoms with Crippen molar-refractivity contribution in [1.29, 1.82) is 0 Å². The van der Waals surface area contributed by atoms with E-state index in [2.05, 4.69) is 14.9 Å². The van der Waals surface area contributed by atoms with E-state index in [-0.39, 0.29) is 22.9 Å². The molecular formula is C18H18FN3O3S. The molecule has 0 radical (unpaired) electrons. The Balaban J connectivity index is 1.63. The second-order valence-electron chi connectivity index (χ2n) is 6.51. The molecule has 1 saturated heterocycles. The maximum atomic E-state index is 14.2. The van der Waals surface area contributed by atoms with E-state index in [9.17, 15) is 17.6 Å². The zero-order valence-corrected chi connectivity index (χ0v) is 14.8. The van der Waals surface area contributed by atoms with Crippen LogP contribution in [0.15, 0.2) is 41.3 Å². The molecule has 2 aromatic carbocycles. The van der Waals surface area contributed by atoms with Crippen LogP contribution in [0, 0.1) is 5.82 Å². The number of nitrogens with zero attached hydrogens (tertiary/aromatic N) is 1. The van der Waals surface area contributed by atoms with E-state index in [1.807, 2.05) is 0 Å². The number of anilines is 3. The van der Waals surface area contributed by atoms with Gasteiger partial charge in [-0.2, -0.15) is 0 Å². The van der Waals surface area contributed by atoms with Crippen molar-refractivity contribution < 1.29 is 17.6 Å². The van der Waals surface area contributed by atoms with Crippen LogP contribution in [-0.4, -0.2) is 27.4 Å². The summed E-state index contributed by atoms with van der Waals surface area (Å²) in [7, 11) is -3.96. The predicted octanol–water partition coefficient (Wildman–Crippen LogP) is 2.72. The number of halogens is 1. The fraction of sp³-hybridized carbons (Fsp3) is 0.278. The summed E-state index contributed by atoms with van der Waals surface area (Å²) in [5.74, 6) is -0.804. The number of rotatable bonds is 4. The summed E-state index contributed by atoms with van der Waals surface area (Å²) in [6.07, 6.45) is 2.28. The van der Waals surface area contributed by atoms with Gasteiger partial charge < -0.3 is 10.2 Å². The smallest absolute Gasteiger partial charge is 0.261 e. The molecule has 1 amide bonds. The molecule has 1 fully saturated rings. The van der Waals surface area contributed by atoms with Crippen LogP contribution in [0.5, 0.6) is 0 Å². The van der Waals surface area contributed by atoms with Gasteiger partial charge in [0.25, 0.3) is 10.0 Å². The van der Waals surface area contributed by atoms with Crippen LogP contribution in [0.3, 0.4) is 0 Å². The molecule has 26 heavy (non-hydrogen) atoms. The Morgan fingerprint density at radius 2 is 1.85 bits per heavy atom. The first-order valence-electron chi connectivity index (χ1n) is 8.42. The van der Waals surface area contributed by atoms with Crippen molar-refractivity contribution in [2.24, 2.45) is 0 Å². The van der Waals surface area contributed by atoms with Gasteiger partial charge in [0, 0.05) is 24.5 Å². The van der Waals surface area contributed by atoms with Gasteiger partial charge in [0.1, 0.15) is 5.82 Å². The molecule has 6 nitrogen and oxygen atoms in total. The standard InChI is InChI=1S/C18H18FN3O3S/c19-15-5-3-13(22-7-1-2-8-22)11-17(15)21-26(24,25)14-4-6-16-12(9-14)10-18(23)20-16/h3-6,9,11,21H,1-2,7-8,10H2,(H,20,23). The molecule has 136 valence electrons. The van der Waals surface area contributed by atoms with Gasteiger partial charge in [-0.3, -0.25) is 9.52 Å². The zero-order chi connectivity index (χ0) is 18.3. The Labute approximate surface area is 151 Å². The quantitative estimate of drug-likeness (QED) is 0.861. The lowest BCUT2D eigenvalue weighted by molar-refractivity contribution is -0.115. The maximum Gasteiger partial charge on any atom is 0.261 e. The fourth-order valence-corrected chi connectivity index (χ4v) is 4.45. The molecule has 2 aliphatic rings. The number of hydrogen-bond donors (Lipinski definition) is 2. The molecule has 0 spiro atoms. The molecular weight excluding hydrogens is 357 g/mol. The molecule has 0 aliphatic carbocycles. The fourth-order valence-electron chi connectivity index (χ4n) is 3.34. The predicted molar refractivity (Wildman–Crippen MR) is 97.4 cm³/mol. The van der Waals surface area contributed by atoms with Crippen molar-refractivity contribution in [3.05, 3.63) is 47.8 Å². The van der Waals surface area contributed by atoms with E-state index in [1.54, 1.807) is 12.1 Å². The van der Waals surface area contributed by atoms with Gasteiger partial charge in [-0.05, 0) is 54.8 Å². The summed E-state index contributed by atoms with van der Waals surface area (Å²) in [5, 5.41) is 2.65. The van der Waals surface area contributed by atoms with E-state index in [0.29, 0.717) is 11.3 Å². The molecule has 0 unspecified atom stereocenters. The summed E-state index contributed by atoms with van der Waals surface area (Å²) in [6.45, 7) is 1.76. The number of benzene rings is 2. The molecule has 0 bridgehead atoms. The minimum Gasteiger partial charge on any atom is -0.371 e. The van der Waals surface area contributed by atoms with Crippen molar-refractivity contribution in [3.8, 4) is 0 Å². The average Bonchev–Trinajstić information content (AvgIpc) is 3.24. The highest BCUT2D eigenvalue weighted by atomic mass is 32.2. The molecule has 2 heterocycles. The van der Waals surface area contributed by atoms with Gasteiger partial charge in [0.15, 0.2) is 0 Å². The Hall–Kier alpha value is -2.61. The van der Waals surface area contributed by atoms with Crippen LogP contribution in [-0.2, 0) is 21.2 Å². The maximum absolute atomic E-state index is 14.2. The van der Waals surface area contributed by atoms with Crippen molar-refractivity contribution in [3.63, 3.8) is 0 Å². The topological polar surface area (TPSA) is 78.5 Å². The first-order chi connectivity index (χ1) is 12.4. The second-order valence-corrected chi connectivity index (χ2v) is 8.19. The van der Waals surface area contributed by atoms with Gasteiger partial charge in [-0.25, -0.2) is 12.8 Å². The third kappa shape index (κ3) is 3.12. The highest BCUT2D eigenvalue weighted by Crippen LogP contribution is 2.29. The summed E-state index contributed by atoms with van der Waals surface area (Å²) in [4.78, 5) is 13.5. The molecule has 0 aromatic heterocycles. The molecule has 2 aromatic rings. The first-order valence-corrected chi connectivity index (χ1v) is 9.91. The highest BCUT2D eigenvalue weighted by Gasteiger charge is 2.23. The van der Waals surface area contributed by atoms with Crippen LogP contribution >= 0.6 is 0 Å². The van der Waals surface area contributed by atoms with Crippen LogP contribution in [0.1, 0.15) is 18.4 Å². The molecule has 8 heteroatoms. The molecule has 2 N–H and O–H groups in total. The van der Waals surface area contributed by atoms with E-state index in [4.69, 9.17) is 0 Å². The van der Waals surface area contributed by atoms with E-state index >= 15 is 0 Å². The lowest BCUT2D eigenvalue weighted by atomic mass is 10.2. The van der Waals surface area contributed by atoms with Crippen molar-refractivity contribution in [1.82, 2.24) is 0 Å². The van der Waals surface area contributed by atoms with Gasteiger partial charge in [0.05, 0.1) is 17.0 Å². The minimum absolute atomic E-state index is 0.00118. The monoisotopic (exact) mass is 375 g/mol. The van der Waals surface area contributed by atoms with Crippen LogP contribution in [0.25, 0.3) is 0 Å². The largest absolute Gasteiger partial charge is 0.371 e. The average molecular weight is 375 g/mol. The van der Waals surface area contributed by atoms with Crippen LogP contribution in [0.4, 0.5) is 21.5 Å². The van der Waals surface area contributed by atoms with Crippen molar-refractivity contribution >= 4 is 33.0 Å². The van der Waals surface area contributed by atoms with Crippen molar-refractivity contribution in [2.45, 2.75) is 24.2 Å². The number of nitrogens with one attached hydrogen (secondary N) is 2. The highest BCUT2D eigenvalue weighted by molar-refractivity contribution is 7.92.